The molecule has 0 aliphatic rings. The number of hydrogen-bond donors (Lipinski definition) is 0. The largest absolute Gasteiger partial charge is 0.126 e. The number of unbranched alkanes of at least 4 members (excludes halogenated alkanes) is 16. The highest BCUT2D eigenvalue weighted by atomic mass is 79.9. The molecule has 0 fully saturated rings. The maximum absolute atomic E-state index is 6.02. The third-order valence-corrected chi connectivity index (χ3v) is 8.63. The van der Waals surface area contributed by atoms with Gasteiger partial charge in [-0.05, 0) is 12.8 Å². The molecule has 0 heterocycles. The summed E-state index contributed by atoms with van der Waals surface area (Å²) in [6.07, 6.45) is 27.6. The molecule has 0 aromatic carbocycles. The zero-order valence-electron chi connectivity index (χ0n) is 20.2. The summed E-state index contributed by atoms with van der Waals surface area (Å²) in [6.45, 7) is 4.54. The summed E-state index contributed by atoms with van der Waals surface area (Å²) in [5.74, 6) is 0.747. The highest BCUT2D eigenvalue weighted by Gasteiger charge is 2.01. The Hall–Kier alpha value is 1.54. The molecule has 0 nitrogen and oxygen atoms in total. The summed E-state index contributed by atoms with van der Waals surface area (Å²) in [4.78, 5) is 0.531. The minimum absolute atomic E-state index is 0.342. The Morgan fingerprint density at radius 1 is 0.567 bits per heavy atom. The lowest BCUT2D eigenvalue weighted by atomic mass is 10.1. The van der Waals surface area contributed by atoms with Crippen LogP contribution in [0, 0.1) is 0 Å². The highest BCUT2D eigenvalue weighted by molar-refractivity contribution is 9.09. The van der Waals surface area contributed by atoms with Crippen LogP contribution in [0.25, 0.3) is 0 Å². The van der Waals surface area contributed by atoms with E-state index in [1.54, 1.807) is 0 Å². The molecule has 30 heavy (non-hydrogen) atoms. The van der Waals surface area contributed by atoms with Gasteiger partial charge in [-0.2, -0.15) is 0 Å². The third kappa shape index (κ3) is 31.7. The lowest BCUT2D eigenvalue weighted by Gasteiger charge is -2.05. The molecule has 184 valence electrons. The van der Waals surface area contributed by atoms with Crippen LogP contribution in [0.5, 0.6) is 0 Å². The first kappa shape index (κ1) is 33.7. The van der Waals surface area contributed by atoms with E-state index >= 15 is 0 Å². The van der Waals surface area contributed by atoms with Gasteiger partial charge < -0.3 is 0 Å². The molecular weight excluding hydrogens is 543 g/mol. The predicted octanol–water partition coefficient (Wildman–Crippen LogP) is 11.8. The van der Waals surface area contributed by atoms with Crippen molar-refractivity contribution < 1.29 is 0 Å². The van der Waals surface area contributed by atoms with E-state index < -0.39 is 0 Å². The van der Waals surface area contributed by atoms with Crippen LogP contribution in [0.1, 0.15) is 142 Å². The fourth-order valence-electron chi connectivity index (χ4n) is 3.51. The molecule has 0 aromatic rings. The average molecular weight is 595 g/mol. The van der Waals surface area contributed by atoms with Gasteiger partial charge in [0.1, 0.15) is 0 Å². The van der Waals surface area contributed by atoms with Crippen LogP contribution < -0.4 is 0 Å². The maximum atomic E-state index is 6.02. The van der Waals surface area contributed by atoms with Gasteiger partial charge in [-0.25, -0.2) is 0 Å². The monoisotopic (exact) mass is 592 g/mol. The van der Waals surface area contributed by atoms with Crippen LogP contribution in [0.2, 0.25) is 0 Å². The fraction of sp³-hybridized carbons (Fsp3) is 1.00. The number of alkyl halides is 4. The molecule has 0 saturated heterocycles. The van der Waals surface area contributed by atoms with Crippen LogP contribution in [0.3, 0.4) is 0 Å². The third-order valence-electron chi connectivity index (χ3n) is 5.58. The summed E-state index contributed by atoms with van der Waals surface area (Å²) in [5.41, 5.74) is 0. The van der Waals surface area contributed by atoms with Gasteiger partial charge in [0.25, 0.3) is 0 Å². The van der Waals surface area contributed by atoms with Crippen LogP contribution in [-0.2, 0) is 0 Å². The van der Waals surface area contributed by atoms with E-state index in [0.29, 0.717) is 10.2 Å². The second-order valence-electron chi connectivity index (χ2n) is 8.74. The highest BCUT2D eigenvalue weighted by Crippen LogP contribution is 2.15. The average Bonchev–Trinajstić information content (AvgIpc) is 2.76. The lowest BCUT2D eigenvalue weighted by molar-refractivity contribution is 0.556. The Morgan fingerprint density at radius 3 is 1.23 bits per heavy atom. The minimum Gasteiger partial charge on any atom is -0.126 e. The van der Waals surface area contributed by atoms with Gasteiger partial charge in [-0.15, -0.1) is 23.2 Å². The van der Waals surface area contributed by atoms with Gasteiger partial charge in [0.15, 0.2) is 0 Å². The molecule has 0 spiro atoms. The summed E-state index contributed by atoms with van der Waals surface area (Å²) in [5, 5.41) is 1.28. The first-order chi connectivity index (χ1) is 14.6. The van der Waals surface area contributed by atoms with Gasteiger partial charge in [0.2, 0.25) is 0 Å². The Bertz CT molecular complexity index is 262. The molecule has 0 aliphatic heterocycles. The quantitative estimate of drug-likeness (QED) is 0.0863. The number of rotatable bonds is 22. The van der Waals surface area contributed by atoms with E-state index in [1.165, 1.54) is 128 Å². The van der Waals surface area contributed by atoms with Crippen LogP contribution >= 0.6 is 55.1 Å². The zero-order chi connectivity index (χ0) is 22.7. The Balaban J connectivity index is 0. The van der Waals surface area contributed by atoms with Gasteiger partial charge in [-0.1, -0.05) is 161 Å². The van der Waals surface area contributed by atoms with Gasteiger partial charge >= 0.3 is 0 Å². The van der Waals surface area contributed by atoms with E-state index in [-0.39, 0.29) is 0 Å². The molecule has 0 rings (SSSR count). The molecule has 0 bridgehead atoms. The molecular formula is C26H52Br2Cl2. The number of halogens is 4. The topological polar surface area (TPSA) is 0 Å². The van der Waals surface area contributed by atoms with Crippen molar-refractivity contribution in [3.05, 3.63) is 0 Å². The van der Waals surface area contributed by atoms with Crippen molar-refractivity contribution in [3.63, 3.8) is 0 Å². The van der Waals surface area contributed by atoms with E-state index in [0.717, 1.165) is 11.2 Å². The number of hydrogen-bond acceptors (Lipinski definition) is 0. The summed E-state index contributed by atoms with van der Waals surface area (Å²) >= 11 is 18.7. The smallest absolute Gasteiger partial charge is 0.0432 e. The summed E-state index contributed by atoms with van der Waals surface area (Å²) in [7, 11) is 0. The molecule has 4 heteroatoms. The van der Waals surface area contributed by atoms with E-state index in [1.807, 2.05) is 0 Å². The van der Waals surface area contributed by atoms with Crippen LogP contribution in [0.15, 0.2) is 0 Å². The van der Waals surface area contributed by atoms with Crippen molar-refractivity contribution >= 4 is 55.1 Å². The second kappa shape index (κ2) is 30.5. The molecule has 2 unspecified atom stereocenters. The second-order valence-corrected chi connectivity index (χ2v) is 11.6. The van der Waals surface area contributed by atoms with Crippen molar-refractivity contribution in [2.24, 2.45) is 0 Å². The molecule has 0 aliphatic carbocycles. The van der Waals surface area contributed by atoms with Gasteiger partial charge in [0.05, 0.1) is 0 Å². The molecule has 0 aromatic heterocycles. The maximum Gasteiger partial charge on any atom is 0.0432 e. The van der Waals surface area contributed by atoms with Gasteiger partial charge in [0, 0.05) is 21.4 Å². The minimum atomic E-state index is 0.342. The summed E-state index contributed by atoms with van der Waals surface area (Å²) in [6, 6.07) is 0. The van der Waals surface area contributed by atoms with Crippen molar-refractivity contribution in [2.45, 2.75) is 152 Å². The Labute approximate surface area is 217 Å². The van der Waals surface area contributed by atoms with Crippen LogP contribution in [-0.4, -0.2) is 21.4 Å². The van der Waals surface area contributed by atoms with Crippen LogP contribution in [0.4, 0.5) is 0 Å². The fourth-order valence-corrected chi connectivity index (χ4v) is 4.46. The van der Waals surface area contributed by atoms with E-state index in [4.69, 9.17) is 23.2 Å². The first-order valence-electron chi connectivity index (χ1n) is 13.0. The molecule has 0 amide bonds. The molecule has 2 atom stereocenters. The normalized spacial score (nSPS) is 13.0. The molecule has 0 radical (unpaired) electrons. The van der Waals surface area contributed by atoms with Crippen molar-refractivity contribution in [2.75, 3.05) is 11.2 Å². The summed E-state index contributed by atoms with van der Waals surface area (Å²) < 4.78 is 0. The molecule has 0 N–H and O–H groups in total. The van der Waals surface area contributed by atoms with Crippen molar-refractivity contribution in [1.29, 1.82) is 0 Å². The van der Waals surface area contributed by atoms with Crippen molar-refractivity contribution in [1.82, 2.24) is 0 Å². The molecule has 0 saturated carbocycles. The van der Waals surface area contributed by atoms with E-state index in [9.17, 15) is 0 Å². The van der Waals surface area contributed by atoms with Gasteiger partial charge in [-0.3, -0.25) is 0 Å². The van der Waals surface area contributed by atoms with Crippen molar-refractivity contribution in [3.8, 4) is 0 Å². The SMILES string of the molecule is CCCCCCCCCCCC(Br)CCl.CCCCCCCCCCCC(Cl)CBr. The Kier molecular flexibility index (Phi) is 34.3. The first-order valence-corrected chi connectivity index (χ1v) is 16.0. The standard InChI is InChI=1S/2C13H26BrCl/c1-2-3-4-5-6-7-8-9-10-11-13(14)12-15;1-2-3-4-5-6-7-8-9-10-11-13(15)12-14/h2*13H,2-12H2,1H3. The van der Waals surface area contributed by atoms with E-state index in [2.05, 4.69) is 45.7 Å². The Morgan fingerprint density at radius 2 is 0.900 bits per heavy atom. The predicted molar refractivity (Wildman–Crippen MR) is 151 cm³/mol. The zero-order valence-corrected chi connectivity index (χ0v) is 24.9. The lowest BCUT2D eigenvalue weighted by Crippen LogP contribution is -1.98.